The van der Waals surface area contributed by atoms with Crippen LogP contribution in [0.2, 0.25) is 0 Å². The van der Waals surface area contributed by atoms with E-state index in [2.05, 4.69) is 38.8 Å². The van der Waals surface area contributed by atoms with Crippen LogP contribution in [0.15, 0.2) is 60.7 Å². The molecule has 0 saturated heterocycles. The van der Waals surface area contributed by atoms with Gasteiger partial charge in [-0.2, -0.15) is 0 Å². The highest BCUT2D eigenvalue weighted by Gasteiger charge is 2.37. The molecule has 0 saturated carbocycles. The summed E-state index contributed by atoms with van der Waals surface area (Å²) in [5, 5.41) is 57.1. The number of esters is 1. The Hall–Kier alpha value is -6.54. The molecule has 1 aliphatic rings. The first-order valence-electron chi connectivity index (χ1n) is 25.8. The van der Waals surface area contributed by atoms with Crippen LogP contribution in [0.3, 0.4) is 0 Å². The van der Waals surface area contributed by atoms with Gasteiger partial charge in [0.25, 0.3) is 0 Å². The number of phenolic OH excluding ortho intramolecular Hbond substituents is 2. The van der Waals surface area contributed by atoms with E-state index in [4.69, 9.17) is 4.74 Å². The molecule has 1 aliphatic heterocycles. The number of rotatable bonds is 27. The number of cyclic esters (lactones) is 1. The minimum absolute atomic E-state index is 0.000221. The van der Waals surface area contributed by atoms with Gasteiger partial charge in [-0.1, -0.05) is 117 Å². The number of carbonyl (C=O) groups is 8. The van der Waals surface area contributed by atoms with E-state index in [1.165, 1.54) is 42.3 Å². The molecule has 2 aromatic carbocycles. The highest BCUT2D eigenvalue weighted by atomic mass is 16.5. The van der Waals surface area contributed by atoms with Gasteiger partial charge in [-0.15, -0.1) is 0 Å². The quantitative estimate of drug-likeness (QED) is 0.0455. The standard InChI is InChI=1S/C54H81N7O13/c1-9-10-11-12-13-14-15-16-44(66)56-40(27-35-17-22-38(63)23-18-35)50(69)60-48(33(4)5)52(71)57-41(30-62)43(65)29-46(68)59-47(32(2)3)51(70)55-37-21-26-45(67)58-49(34(6)7)53(72)61(8)42(54(73)74-31-37)28-36-19-24-39(64)25-20-36/h17-26,32-34,37,40-43,47-49,62-65H,9-16,27-31H2,1-8H3,(H,55,70)(H,56,66)(H,57,71)(H,58,67)(H,59,68)(H,60,69)/b26-21+/t37-,40+,41+,42+,43+,47+,48+,49+/m1/s1. The zero-order valence-electron chi connectivity index (χ0n) is 44.2. The average molecular weight is 1040 g/mol. The van der Waals surface area contributed by atoms with Crippen molar-refractivity contribution in [3.05, 3.63) is 71.8 Å². The number of hydrogen-bond donors (Lipinski definition) is 10. The summed E-state index contributed by atoms with van der Waals surface area (Å²) in [5.41, 5.74) is 1.24. The summed E-state index contributed by atoms with van der Waals surface area (Å²) in [6.07, 6.45) is 7.30. The lowest BCUT2D eigenvalue weighted by molar-refractivity contribution is -0.156. The molecule has 410 valence electrons. The van der Waals surface area contributed by atoms with Crippen LogP contribution in [-0.4, -0.2) is 141 Å². The molecule has 0 bridgehead atoms. The monoisotopic (exact) mass is 1040 g/mol. The number of aliphatic hydroxyl groups is 2. The maximum atomic E-state index is 13.9. The van der Waals surface area contributed by atoms with E-state index in [1.807, 2.05) is 0 Å². The predicted octanol–water partition coefficient (Wildman–Crippen LogP) is 2.58. The van der Waals surface area contributed by atoms with E-state index in [0.29, 0.717) is 17.5 Å². The summed E-state index contributed by atoms with van der Waals surface area (Å²) >= 11 is 0. The Morgan fingerprint density at radius 2 is 1.30 bits per heavy atom. The molecule has 0 radical (unpaired) electrons. The number of aromatic hydroxyl groups is 2. The third-order valence-electron chi connectivity index (χ3n) is 12.8. The molecule has 74 heavy (non-hydrogen) atoms. The van der Waals surface area contributed by atoms with Gasteiger partial charge in [-0.3, -0.25) is 33.6 Å². The first-order valence-corrected chi connectivity index (χ1v) is 25.8. The molecule has 0 unspecified atom stereocenters. The van der Waals surface area contributed by atoms with Crippen LogP contribution in [0.25, 0.3) is 0 Å². The van der Waals surface area contributed by atoms with E-state index in [0.717, 1.165) is 44.6 Å². The highest BCUT2D eigenvalue weighted by molar-refractivity contribution is 5.95. The van der Waals surface area contributed by atoms with Crippen molar-refractivity contribution in [2.75, 3.05) is 20.3 Å². The van der Waals surface area contributed by atoms with Gasteiger partial charge in [0.1, 0.15) is 48.3 Å². The molecule has 8 atom stereocenters. The molecule has 0 aromatic heterocycles. The fourth-order valence-electron chi connectivity index (χ4n) is 8.22. The molecule has 0 aliphatic carbocycles. The smallest absolute Gasteiger partial charge is 0.329 e. The van der Waals surface area contributed by atoms with Crippen LogP contribution in [0, 0.1) is 17.8 Å². The maximum absolute atomic E-state index is 13.9. The molecule has 3 rings (SSSR count). The Bertz CT molecular complexity index is 2180. The average Bonchev–Trinajstić information content (AvgIpc) is 3.35. The summed E-state index contributed by atoms with van der Waals surface area (Å²) in [6, 6.07) is 3.96. The van der Waals surface area contributed by atoms with Crippen molar-refractivity contribution in [3.63, 3.8) is 0 Å². The predicted molar refractivity (Wildman–Crippen MR) is 277 cm³/mol. The Kier molecular flexibility index (Phi) is 26.1. The number of hydrogen-bond acceptors (Lipinski definition) is 13. The number of unbranched alkanes of at least 4 members (excludes halogenated alkanes) is 6. The normalized spacial score (nSPS) is 18.9. The van der Waals surface area contributed by atoms with Crippen LogP contribution < -0.4 is 31.9 Å². The number of aliphatic hydroxyl groups excluding tert-OH is 2. The molecule has 20 nitrogen and oxygen atoms in total. The second kappa shape index (κ2) is 31.3. The molecular formula is C54H81N7O13. The number of nitrogens with one attached hydrogen (secondary N) is 6. The number of likely N-dealkylation sites (N-methyl/N-ethyl adjacent to an activating group) is 1. The highest BCUT2D eigenvalue weighted by Crippen LogP contribution is 2.19. The van der Waals surface area contributed by atoms with Crippen LogP contribution >= 0.6 is 0 Å². The molecule has 1 heterocycles. The molecule has 20 heteroatoms. The Morgan fingerprint density at radius 1 is 0.730 bits per heavy atom. The van der Waals surface area contributed by atoms with Gasteiger partial charge >= 0.3 is 5.97 Å². The zero-order chi connectivity index (χ0) is 55.1. The molecule has 0 spiro atoms. The number of amides is 7. The van der Waals surface area contributed by atoms with Gasteiger partial charge in [-0.05, 0) is 59.6 Å². The number of phenols is 2. The van der Waals surface area contributed by atoms with Gasteiger partial charge in [0, 0.05) is 32.4 Å². The topological polar surface area (TPSA) is 302 Å². The van der Waals surface area contributed by atoms with Gasteiger partial charge in [-0.25, -0.2) is 4.79 Å². The van der Waals surface area contributed by atoms with Crippen LogP contribution in [-0.2, 0) is 55.9 Å². The largest absolute Gasteiger partial charge is 0.508 e. The van der Waals surface area contributed by atoms with Gasteiger partial charge in [0.15, 0.2) is 0 Å². The summed E-state index contributed by atoms with van der Waals surface area (Å²) in [7, 11) is 1.42. The van der Waals surface area contributed by atoms with Gasteiger partial charge in [0.2, 0.25) is 41.4 Å². The third-order valence-corrected chi connectivity index (χ3v) is 12.8. The number of ether oxygens (including phenoxy) is 1. The fourth-order valence-corrected chi connectivity index (χ4v) is 8.22. The Labute approximate surface area is 435 Å². The molecule has 2 aromatic rings. The minimum Gasteiger partial charge on any atom is -0.508 e. The van der Waals surface area contributed by atoms with E-state index in [1.54, 1.807) is 65.8 Å². The van der Waals surface area contributed by atoms with Crippen molar-refractivity contribution in [3.8, 4) is 11.5 Å². The van der Waals surface area contributed by atoms with Crippen molar-refractivity contribution < 1.29 is 63.5 Å². The SMILES string of the molecule is CCCCCCCCCC(=O)N[C@@H](Cc1ccc(O)cc1)C(=O)N[C@H](C(=O)N[C@@H](CO)[C@@H](O)CC(=O)N[C@H](C(=O)N[C@@H]1/C=C/C(=O)N[C@@H](C(C)C)C(=O)N(C)[C@@H](Cc2ccc(O)cc2)C(=O)OC1)C(C)C)C(C)C. The van der Waals surface area contributed by atoms with Crippen LogP contribution in [0.1, 0.15) is 117 Å². The van der Waals surface area contributed by atoms with Gasteiger partial charge in [0.05, 0.1) is 31.2 Å². The summed E-state index contributed by atoms with van der Waals surface area (Å²) in [6.45, 7) is 10.9. The van der Waals surface area contributed by atoms with Gasteiger partial charge < -0.3 is 62.0 Å². The van der Waals surface area contributed by atoms with Crippen molar-refractivity contribution in [2.24, 2.45) is 17.8 Å². The van der Waals surface area contributed by atoms with Crippen molar-refractivity contribution >= 4 is 47.3 Å². The zero-order valence-corrected chi connectivity index (χ0v) is 44.2. The van der Waals surface area contributed by atoms with E-state index < -0.39 is 121 Å². The third kappa shape index (κ3) is 20.8. The first-order chi connectivity index (χ1) is 35.0. The summed E-state index contributed by atoms with van der Waals surface area (Å²) < 4.78 is 5.66. The second-order valence-corrected chi connectivity index (χ2v) is 20.1. The molecule has 10 N–H and O–H groups in total. The Balaban J connectivity index is 1.71. The van der Waals surface area contributed by atoms with Crippen LogP contribution in [0.4, 0.5) is 0 Å². The molecule has 7 amide bonds. The fraction of sp³-hybridized carbons (Fsp3) is 0.593. The van der Waals surface area contributed by atoms with E-state index >= 15 is 0 Å². The van der Waals surface area contributed by atoms with Crippen molar-refractivity contribution in [1.82, 2.24) is 36.8 Å². The number of benzene rings is 2. The van der Waals surface area contributed by atoms with Crippen molar-refractivity contribution in [1.29, 1.82) is 0 Å². The lowest BCUT2D eigenvalue weighted by Crippen LogP contribution is -2.59. The van der Waals surface area contributed by atoms with Crippen LogP contribution in [0.5, 0.6) is 11.5 Å². The number of carbonyl (C=O) groups excluding carboxylic acids is 8. The lowest BCUT2D eigenvalue weighted by atomic mass is 9.99. The Morgan fingerprint density at radius 3 is 1.86 bits per heavy atom. The lowest BCUT2D eigenvalue weighted by Gasteiger charge is -2.32. The second-order valence-electron chi connectivity index (χ2n) is 20.1. The number of nitrogens with zero attached hydrogens (tertiary/aromatic N) is 1. The van der Waals surface area contributed by atoms with E-state index in [-0.39, 0.29) is 42.6 Å². The minimum atomic E-state index is -1.68. The van der Waals surface area contributed by atoms with Crippen molar-refractivity contribution in [2.45, 2.75) is 167 Å². The summed E-state index contributed by atoms with van der Waals surface area (Å²) in [4.78, 5) is 110. The summed E-state index contributed by atoms with van der Waals surface area (Å²) in [5.74, 6) is -6.79. The molecule has 0 fully saturated rings. The maximum Gasteiger partial charge on any atom is 0.329 e. The first kappa shape index (κ1) is 61.8. The van der Waals surface area contributed by atoms with E-state index in [9.17, 15) is 58.8 Å². The molecular weight excluding hydrogens is 955 g/mol.